The highest BCUT2D eigenvalue weighted by Crippen LogP contribution is 2.31. The molecule has 1 aliphatic rings. The molecule has 0 saturated carbocycles. The normalized spacial score (nSPS) is 15.1. The van der Waals surface area contributed by atoms with Crippen molar-refractivity contribution >= 4 is 37.8 Å². The van der Waals surface area contributed by atoms with Gasteiger partial charge in [-0.25, -0.2) is 23.1 Å². The molecule has 4 heterocycles. The lowest BCUT2D eigenvalue weighted by Gasteiger charge is -2.24. The first kappa shape index (κ1) is 26.3. The van der Waals surface area contributed by atoms with Gasteiger partial charge in [-0.3, -0.25) is 4.98 Å². The molecule has 0 unspecified atom stereocenters. The van der Waals surface area contributed by atoms with Crippen molar-refractivity contribution in [3.05, 3.63) is 78.4 Å². The summed E-state index contributed by atoms with van der Waals surface area (Å²) in [4.78, 5) is 16.9. The predicted octanol–water partition coefficient (Wildman–Crippen LogP) is 4.92. The van der Waals surface area contributed by atoms with Crippen LogP contribution in [0.5, 0.6) is 0 Å². The number of anilines is 1. The topological polar surface area (TPSA) is 97.1 Å². The second kappa shape index (κ2) is 10.9. The van der Waals surface area contributed by atoms with Crippen LogP contribution >= 0.6 is 0 Å². The molecule has 0 spiro atoms. The fourth-order valence-corrected chi connectivity index (χ4v) is 7.03. The van der Waals surface area contributed by atoms with Gasteiger partial charge in [-0.05, 0) is 44.0 Å². The van der Waals surface area contributed by atoms with Crippen molar-refractivity contribution < 1.29 is 8.42 Å². The van der Waals surface area contributed by atoms with Crippen molar-refractivity contribution in [3.63, 3.8) is 0 Å². The van der Waals surface area contributed by atoms with Crippen LogP contribution < -0.4 is 4.90 Å². The Labute approximate surface area is 234 Å². The highest BCUT2D eigenvalue weighted by molar-refractivity contribution is 7.89. The summed E-state index contributed by atoms with van der Waals surface area (Å²) in [5, 5.41) is 6.59. The number of rotatable bonds is 7. The van der Waals surface area contributed by atoms with Gasteiger partial charge in [0.05, 0.1) is 22.3 Å². The smallest absolute Gasteiger partial charge is 0.245 e. The first-order valence-electron chi connectivity index (χ1n) is 13.9. The van der Waals surface area contributed by atoms with Crippen LogP contribution in [0.2, 0.25) is 0 Å². The summed E-state index contributed by atoms with van der Waals surface area (Å²) in [6.45, 7) is 6.14. The van der Waals surface area contributed by atoms with Gasteiger partial charge in [-0.1, -0.05) is 49.7 Å². The Hall–Kier alpha value is -3.89. The van der Waals surface area contributed by atoms with Crippen LogP contribution in [-0.2, 0) is 16.4 Å². The number of pyridine rings is 1. The zero-order chi connectivity index (χ0) is 27.7. The molecular formula is C30H33N7O2S. The third-order valence-electron chi connectivity index (χ3n) is 7.45. The fourth-order valence-electron chi connectivity index (χ4n) is 5.40. The second-order valence-electron chi connectivity index (χ2n) is 10.2. The predicted molar refractivity (Wildman–Crippen MR) is 157 cm³/mol. The van der Waals surface area contributed by atoms with Crippen molar-refractivity contribution in [2.24, 2.45) is 0 Å². The number of aryl methyl sites for hydroxylation is 2. The molecule has 40 heavy (non-hydrogen) atoms. The lowest BCUT2D eigenvalue weighted by molar-refractivity contribution is 0.433. The lowest BCUT2D eigenvalue weighted by Crippen LogP contribution is -2.35. The number of hydrogen-bond acceptors (Lipinski definition) is 7. The van der Waals surface area contributed by atoms with E-state index in [0.717, 1.165) is 58.7 Å². The first-order chi connectivity index (χ1) is 19.5. The van der Waals surface area contributed by atoms with E-state index in [1.54, 1.807) is 22.6 Å². The molecule has 0 radical (unpaired) electrons. The number of aromatic nitrogens is 5. The minimum atomic E-state index is -3.73. The van der Waals surface area contributed by atoms with Gasteiger partial charge in [0, 0.05) is 44.2 Å². The molecule has 0 amide bonds. The van der Waals surface area contributed by atoms with E-state index in [1.807, 2.05) is 60.1 Å². The van der Waals surface area contributed by atoms with Crippen molar-refractivity contribution in [2.75, 3.05) is 31.1 Å². The second-order valence-corrected chi connectivity index (χ2v) is 12.1. The maximum Gasteiger partial charge on any atom is 0.245 e. The van der Waals surface area contributed by atoms with Crippen LogP contribution in [0.1, 0.15) is 37.7 Å². The van der Waals surface area contributed by atoms with Gasteiger partial charge in [0.1, 0.15) is 16.5 Å². The fraction of sp³-hybridized carbons (Fsp3) is 0.333. The molecule has 0 bridgehead atoms. The highest BCUT2D eigenvalue weighted by atomic mass is 32.2. The largest absolute Gasteiger partial charge is 0.355 e. The van der Waals surface area contributed by atoms with Crippen LogP contribution in [0.15, 0.2) is 71.8 Å². The van der Waals surface area contributed by atoms with E-state index < -0.39 is 10.0 Å². The molecule has 206 valence electrons. The molecular weight excluding hydrogens is 522 g/mol. The van der Waals surface area contributed by atoms with Gasteiger partial charge in [-0.2, -0.15) is 9.40 Å². The average Bonchev–Trinajstić information content (AvgIpc) is 3.14. The quantitative estimate of drug-likeness (QED) is 0.281. The summed E-state index contributed by atoms with van der Waals surface area (Å²) in [7, 11) is -3.73. The van der Waals surface area contributed by atoms with Gasteiger partial charge < -0.3 is 4.90 Å². The van der Waals surface area contributed by atoms with E-state index in [4.69, 9.17) is 15.1 Å². The summed E-state index contributed by atoms with van der Waals surface area (Å²) >= 11 is 0. The number of para-hydroxylation sites is 2. The van der Waals surface area contributed by atoms with Crippen molar-refractivity contribution in [2.45, 2.75) is 44.4 Å². The third-order valence-corrected chi connectivity index (χ3v) is 9.38. The van der Waals surface area contributed by atoms with Gasteiger partial charge >= 0.3 is 0 Å². The number of fused-ring (bicyclic) bond motifs is 2. The van der Waals surface area contributed by atoms with E-state index in [-0.39, 0.29) is 4.90 Å². The number of sulfonamides is 1. The summed E-state index contributed by atoms with van der Waals surface area (Å²) in [5.74, 6) is 1.62. The van der Waals surface area contributed by atoms with Crippen molar-refractivity contribution in [1.82, 2.24) is 29.0 Å². The molecule has 0 aliphatic carbocycles. The molecule has 10 heteroatoms. The molecule has 5 aromatic rings. The Morgan fingerprint density at radius 1 is 0.900 bits per heavy atom. The number of unbranched alkanes of at least 4 members (excludes halogenated alkanes) is 1. The van der Waals surface area contributed by atoms with Crippen LogP contribution in [0, 0.1) is 6.92 Å². The number of hydrogen-bond donors (Lipinski definition) is 0. The van der Waals surface area contributed by atoms with Gasteiger partial charge in [0.15, 0.2) is 5.65 Å². The number of nitrogens with zero attached hydrogens (tertiary/aromatic N) is 7. The summed E-state index contributed by atoms with van der Waals surface area (Å²) in [6.07, 6.45) is 5.14. The van der Waals surface area contributed by atoms with Gasteiger partial charge in [0.25, 0.3) is 0 Å². The Bertz CT molecular complexity index is 1760. The molecule has 1 saturated heterocycles. The average molecular weight is 556 g/mol. The third kappa shape index (κ3) is 4.82. The minimum Gasteiger partial charge on any atom is -0.355 e. The van der Waals surface area contributed by atoms with Crippen molar-refractivity contribution in [3.8, 4) is 5.69 Å². The first-order valence-corrected chi connectivity index (χ1v) is 15.3. The molecule has 3 aromatic heterocycles. The molecule has 1 fully saturated rings. The molecule has 1 aliphatic heterocycles. The minimum absolute atomic E-state index is 0.255. The zero-order valence-electron chi connectivity index (χ0n) is 22.9. The van der Waals surface area contributed by atoms with E-state index >= 15 is 0 Å². The van der Waals surface area contributed by atoms with E-state index in [9.17, 15) is 8.42 Å². The molecule has 2 aromatic carbocycles. The lowest BCUT2D eigenvalue weighted by atomic mass is 10.2. The Kier molecular flexibility index (Phi) is 7.20. The van der Waals surface area contributed by atoms with Crippen LogP contribution in [0.4, 0.5) is 5.82 Å². The summed E-state index contributed by atoms with van der Waals surface area (Å²) in [5.41, 5.74) is 3.10. The van der Waals surface area contributed by atoms with Crippen LogP contribution in [-0.4, -0.2) is 63.6 Å². The van der Waals surface area contributed by atoms with E-state index in [0.29, 0.717) is 38.1 Å². The summed E-state index contributed by atoms with van der Waals surface area (Å²) < 4.78 is 31.1. The molecule has 0 N–H and O–H groups in total. The standard InChI is InChI=1S/C30H33N7O2S/c1-3-4-16-26-32-29(27-22(2)34-37(30(27)33-26)24-13-6-5-7-14-24)35-18-10-19-36(21-20-35)40(38,39)25-15-8-11-23-12-9-17-31-28(23)25/h5-9,11-15,17H,3-4,10,16,18-21H2,1-2H3. The summed E-state index contributed by atoms with van der Waals surface area (Å²) in [6, 6.07) is 19.1. The van der Waals surface area contributed by atoms with E-state index in [2.05, 4.69) is 16.8 Å². The maximum absolute atomic E-state index is 13.8. The Morgan fingerprint density at radius 3 is 2.55 bits per heavy atom. The monoisotopic (exact) mass is 555 g/mol. The molecule has 6 rings (SSSR count). The zero-order valence-corrected chi connectivity index (χ0v) is 23.7. The molecule has 9 nitrogen and oxygen atoms in total. The van der Waals surface area contributed by atoms with Gasteiger partial charge in [0.2, 0.25) is 10.0 Å². The van der Waals surface area contributed by atoms with Crippen LogP contribution in [0.25, 0.3) is 27.6 Å². The maximum atomic E-state index is 13.8. The van der Waals surface area contributed by atoms with Gasteiger partial charge in [-0.15, -0.1) is 0 Å². The van der Waals surface area contributed by atoms with Crippen molar-refractivity contribution in [1.29, 1.82) is 0 Å². The van der Waals surface area contributed by atoms with Crippen LogP contribution in [0.3, 0.4) is 0 Å². The van der Waals surface area contributed by atoms with E-state index in [1.165, 1.54) is 0 Å². The molecule has 0 atom stereocenters. The number of benzene rings is 2. The Morgan fingerprint density at radius 2 is 1.73 bits per heavy atom. The SMILES string of the molecule is CCCCc1nc(N2CCCN(S(=O)(=O)c3cccc4cccnc34)CC2)c2c(C)nn(-c3ccccc3)c2n1. The Balaban J connectivity index is 1.36. The highest BCUT2D eigenvalue weighted by Gasteiger charge is 2.30.